The van der Waals surface area contributed by atoms with Crippen LogP contribution in [0.5, 0.6) is 0 Å². The van der Waals surface area contributed by atoms with Crippen LogP contribution in [-0.2, 0) is 0 Å². The lowest BCUT2D eigenvalue weighted by atomic mass is 10.1. The van der Waals surface area contributed by atoms with Gasteiger partial charge in [-0.25, -0.2) is 8.78 Å². The Kier molecular flexibility index (Phi) is 8.25. The standard InChI is InChI=1S/C25H29F2N3O/c1-7-12-30(6)25(29-21-10-9-20(15-31)17(3)13-21)19(5)28-14-18(4)22-11-8-16(2)23(26)24(22)27/h7-15,25,29H,1-6H3/b12-7-,18-14+,28-19?. The average Bonchev–Trinajstić information content (AvgIpc) is 2.74. The Bertz CT molecular complexity index is 1040. The maximum atomic E-state index is 14.3. The summed E-state index contributed by atoms with van der Waals surface area (Å²) in [6.45, 7) is 8.88. The van der Waals surface area contributed by atoms with Gasteiger partial charge < -0.3 is 10.2 Å². The second-order valence-electron chi connectivity index (χ2n) is 7.52. The Morgan fingerprint density at radius 1 is 1.10 bits per heavy atom. The van der Waals surface area contributed by atoms with E-state index in [2.05, 4.69) is 10.3 Å². The lowest BCUT2D eigenvalue weighted by molar-refractivity contribution is 0.112. The normalized spacial score (nSPS) is 13.4. The number of carbonyl (C=O) groups excluding carboxylic acids is 1. The van der Waals surface area contributed by atoms with E-state index in [9.17, 15) is 13.6 Å². The number of nitrogens with zero attached hydrogens (tertiary/aromatic N) is 2. The van der Waals surface area contributed by atoms with Gasteiger partial charge in [0.15, 0.2) is 11.6 Å². The topological polar surface area (TPSA) is 44.7 Å². The minimum atomic E-state index is -0.868. The van der Waals surface area contributed by atoms with Crippen LogP contribution < -0.4 is 5.32 Å². The molecule has 0 aromatic heterocycles. The third-order valence-electron chi connectivity index (χ3n) is 5.05. The molecule has 0 spiro atoms. The third kappa shape index (κ3) is 5.87. The van der Waals surface area contributed by atoms with Crippen LogP contribution in [0.3, 0.4) is 0 Å². The highest BCUT2D eigenvalue weighted by Crippen LogP contribution is 2.23. The molecule has 0 bridgehead atoms. The average molecular weight is 426 g/mol. The molecule has 1 unspecified atom stereocenters. The van der Waals surface area contributed by atoms with E-state index in [0.717, 1.165) is 23.2 Å². The van der Waals surface area contributed by atoms with Gasteiger partial charge in [0, 0.05) is 30.1 Å². The number of benzene rings is 2. The van der Waals surface area contributed by atoms with Crippen LogP contribution in [0.1, 0.15) is 47.8 Å². The highest BCUT2D eigenvalue weighted by atomic mass is 19.2. The van der Waals surface area contributed by atoms with Crippen molar-refractivity contribution in [2.24, 2.45) is 4.99 Å². The van der Waals surface area contributed by atoms with Crippen molar-refractivity contribution in [3.63, 3.8) is 0 Å². The highest BCUT2D eigenvalue weighted by Gasteiger charge is 2.16. The first-order valence-electron chi connectivity index (χ1n) is 10.0. The fourth-order valence-electron chi connectivity index (χ4n) is 3.17. The van der Waals surface area contributed by atoms with Gasteiger partial charge in [-0.1, -0.05) is 18.2 Å². The summed E-state index contributed by atoms with van der Waals surface area (Å²) in [6, 6.07) is 8.62. The first kappa shape index (κ1) is 24.0. The zero-order valence-electron chi connectivity index (χ0n) is 18.8. The Balaban J connectivity index is 2.36. The Morgan fingerprint density at radius 3 is 2.42 bits per heavy atom. The molecule has 4 nitrogen and oxygen atoms in total. The van der Waals surface area contributed by atoms with Crippen LogP contribution >= 0.6 is 0 Å². The molecule has 31 heavy (non-hydrogen) atoms. The number of anilines is 1. The number of halogens is 2. The van der Waals surface area contributed by atoms with Crippen molar-refractivity contribution in [3.8, 4) is 0 Å². The van der Waals surface area contributed by atoms with Gasteiger partial charge in [-0.15, -0.1) is 0 Å². The van der Waals surface area contributed by atoms with E-state index in [4.69, 9.17) is 0 Å². The van der Waals surface area contributed by atoms with Crippen LogP contribution in [0.2, 0.25) is 0 Å². The highest BCUT2D eigenvalue weighted by molar-refractivity contribution is 5.90. The number of aldehydes is 1. The monoisotopic (exact) mass is 425 g/mol. The smallest absolute Gasteiger partial charge is 0.166 e. The second kappa shape index (κ2) is 10.7. The summed E-state index contributed by atoms with van der Waals surface area (Å²) in [6.07, 6.45) is 5.90. The molecule has 0 saturated heterocycles. The second-order valence-corrected chi connectivity index (χ2v) is 7.52. The SMILES string of the molecule is C/C=C\N(C)C(Nc1ccc(C=O)c(C)c1)C(C)=N/C=C(\C)c1ccc(C)c(F)c1F. The van der Waals surface area contributed by atoms with Gasteiger partial charge in [0.2, 0.25) is 0 Å². The first-order chi connectivity index (χ1) is 14.7. The minimum Gasteiger partial charge on any atom is -0.360 e. The molecule has 0 fully saturated rings. The molecule has 0 heterocycles. The number of carbonyl (C=O) groups is 1. The molecule has 1 N–H and O–H groups in total. The summed E-state index contributed by atoms with van der Waals surface area (Å²) in [5, 5.41) is 3.41. The van der Waals surface area contributed by atoms with Gasteiger partial charge in [-0.3, -0.25) is 9.79 Å². The number of hydrogen-bond donors (Lipinski definition) is 1. The Labute approximate surface area is 183 Å². The van der Waals surface area contributed by atoms with E-state index in [-0.39, 0.29) is 17.3 Å². The number of rotatable bonds is 8. The molecule has 0 radical (unpaired) electrons. The van der Waals surface area contributed by atoms with E-state index >= 15 is 0 Å². The van der Waals surface area contributed by atoms with Crippen LogP contribution in [0, 0.1) is 25.5 Å². The van der Waals surface area contributed by atoms with Crippen molar-refractivity contribution in [2.75, 3.05) is 12.4 Å². The summed E-state index contributed by atoms with van der Waals surface area (Å²) >= 11 is 0. The summed E-state index contributed by atoms with van der Waals surface area (Å²) in [5.74, 6) is -1.71. The third-order valence-corrected chi connectivity index (χ3v) is 5.05. The van der Waals surface area contributed by atoms with Crippen molar-refractivity contribution in [3.05, 3.63) is 82.7 Å². The van der Waals surface area contributed by atoms with E-state index < -0.39 is 11.6 Å². The number of allylic oxidation sites excluding steroid dienone is 2. The molecule has 2 aromatic carbocycles. The largest absolute Gasteiger partial charge is 0.360 e. The predicted octanol–water partition coefficient (Wildman–Crippen LogP) is 6.12. The molecule has 1 atom stereocenters. The maximum absolute atomic E-state index is 14.3. The molecular weight excluding hydrogens is 396 g/mol. The van der Waals surface area contributed by atoms with Crippen LogP contribution in [0.25, 0.3) is 5.57 Å². The summed E-state index contributed by atoms with van der Waals surface area (Å²) in [7, 11) is 1.91. The van der Waals surface area contributed by atoms with Gasteiger partial charge in [0.25, 0.3) is 0 Å². The van der Waals surface area contributed by atoms with E-state index in [1.165, 1.54) is 6.92 Å². The Hall–Kier alpha value is -3.28. The zero-order valence-corrected chi connectivity index (χ0v) is 18.8. The van der Waals surface area contributed by atoms with E-state index in [0.29, 0.717) is 11.1 Å². The Morgan fingerprint density at radius 2 is 1.81 bits per heavy atom. The lowest BCUT2D eigenvalue weighted by Crippen LogP contribution is -2.40. The van der Waals surface area contributed by atoms with Crippen molar-refractivity contribution in [1.29, 1.82) is 0 Å². The number of aryl methyl sites for hydroxylation is 2. The molecule has 2 rings (SSSR count). The fourth-order valence-corrected chi connectivity index (χ4v) is 3.17. The molecule has 164 valence electrons. The van der Waals surface area contributed by atoms with Crippen LogP contribution in [0.15, 0.2) is 53.8 Å². The molecular formula is C25H29F2N3O. The van der Waals surface area contributed by atoms with Gasteiger partial charge in [-0.05, 0) is 75.7 Å². The fraction of sp³-hybridized carbons (Fsp3) is 0.280. The minimum absolute atomic E-state index is 0.186. The predicted molar refractivity (Wildman–Crippen MR) is 124 cm³/mol. The molecule has 0 aliphatic heterocycles. The number of hydrogen-bond acceptors (Lipinski definition) is 4. The molecule has 0 saturated carbocycles. The van der Waals surface area contributed by atoms with Crippen LogP contribution in [0.4, 0.5) is 14.5 Å². The van der Waals surface area contributed by atoms with E-state index in [1.807, 2.05) is 57.1 Å². The molecule has 0 aliphatic rings. The molecule has 0 amide bonds. The number of aliphatic imine (C=N–C) groups is 1. The summed E-state index contributed by atoms with van der Waals surface area (Å²) in [4.78, 5) is 17.6. The van der Waals surface area contributed by atoms with E-state index in [1.54, 1.807) is 31.3 Å². The quantitative estimate of drug-likeness (QED) is 0.315. The van der Waals surface area contributed by atoms with Crippen molar-refractivity contribution < 1.29 is 13.6 Å². The zero-order chi connectivity index (χ0) is 23.1. The molecule has 0 aliphatic carbocycles. The molecule has 6 heteroatoms. The lowest BCUT2D eigenvalue weighted by Gasteiger charge is -2.29. The number of nitrogens with one attached hydrogen (secondary N) is 1. The van der Waals surface area contributed by atoms with Crippen molar-refractivity contribution in [1.82, 2.24) is 4.90 Å². The van der Waals surface area contributed by atoms with Crippen LogP contribution in [-0.4, -0.2) is 30.1 Å². The van der Waals surface area contributed by atoms with Crippen molar-refractivity contribution in [2.45, 2.75) is 40.8 Å². The summed E-state index contributed by atoms with van der Waals surface area (Å²) < 4.78 is 28.2. The molecule has 2 aromatic rings. The summed E-state index contributed by atoms with van der Waals surface area (Å²) in [5.41, 5.74) is 4.05. The van der Waals surface area contributed by atoms with Crippen molar-refractivity contribution >= 4 is 23.3 Å². The van der Waals surface area contributed by atoms with Gasteiger partial charge in [-0.2, -0.15) is 0 Å². The van der Waals surface area contributed by atoms with Gasteiger partial charge in [0.1, 0.15) is 12.5 Å². The first-order valence-corrected chi connectivity index (χ1v) is 10.0. The van der Waals surface area contributed by atoms with Gasteiger partial charge >= 0.3 is 0 Å². The maximum Gasteiger partial charge on any atom is 0.166 e. The van der Waals surface area contributed by atoms with Gasteiger partial charge in [0.05, 0.1) is 5.71 Å².